The molecule has 2 fully saturated rings. The molecule has 0 spiro atoms. The second-order valence-corrected chi connectivity index (χ2v) is 12.4. The Kier molecular flexibility index (Phi) is 7.29. The molecule has 0 bridgehead atoms. The van der Waals surface area contributed by atoms with Crippen molar-refractivity contribution >= 4 is 24.5 Å². The predicted octanol–water partition coefficient (Wildman–Crippen LogP) is 4.15. The molecule has 0 atom stereocenters. The number of piperidine rings is 2. The summed E-state index contributed by atoms with van der Waals surface area (Å²) in [6.07, 6.45) is 3.61. The number of thiol groups is 1. The molecule has 188 valence electrons. The highest BCUT2D eigenvalue weighted by Crippen LogP contribution is 2.40. The Hall–Kier alpha value is -1.20. The van der Waals surface area contributed by atoms with Gasteiger partial charge in [-0.15, -0.1) is 12.6 Å². The lowest BCUT2D eigenvalue weighted by atomic mass is 9.79. The molecule has 0 saturated carbocycles. The van der Waals surface area contributed by atoms with Crippen molar-refractivity contribution in [3.05, 3.63) is 0 Å². The highest BCUT2D eigenvalue weighted by molar-refractivity contribution is 7.80. The van der Waals surface area contributed by atoms with Crippen molar-refractivity contribution in [2.24, 2.45) is 0 Å². The first-order valence-electron chi connectivity index (χ1n) is 11.8. The first-order valence-corrected chi connectivity index (χ1v) is 12.2. The normalized spacial score (nSPS) is 25.7. The van der Waals surface area contributed by atoms with Crippen LogP contribution in [0.2, 0.25) is 0 Å². The van der Waals surface area contributed by atoms with E-state index in [1.165, 1.54) is 0 Å². The van der Waals surface area contributed by atoms with Crippen LogP contribution in [0.1, 0.15) is 81.1 Å². The summed E-state index contributed by atoms with van der Waals surface area (Å²) < 4.78 is 0. The Balaban J connectivity index is 1.76. The Morgan fingerprint density at radius 1 is 0.667 bits per heavy atom. The molecule has 0 aliphatic carbocycles. The van der Waals surface area contributed by atoms with E-state index in [4.69, 9.17) is 14.7 Å². The van der Waals surface area contributed by atoms with Gasteiger partial charge in [-0.05, 0) is 81.1 Å². The number of anilines is 2. The van der Waals surface area contributed by atoms with E-state index in [1.807, 2.05) is 0 Å². The minimum Gasteiger partial charge on any atom is -0.351 e. The number of nitrogens with zero attached hydrogens (tertiary/aromatic N) is 5. The Morgan fingerprint density at radius 3 is 1.24 bits per heavy atom. The van der Waals surface area contributed by atoms with E-state index >= 15 is 0 Å². The molecule has 0 aromatic carbocycles. The molecular weight excluding hydrogens is 438 g/mol. The summed E-state index contributed by atoms with van der Waals surface area (Å²) >= 11 is 4.46. The van der Waals surface area contributed by atoms with Crippen LogP contribution in [0.4, 0.5) is 11.9 Å². The molecule has 2 N–H and O–H groups in total. The van der Waals surface area contributed by atoms with Crippen molar-refractivity contribution in [3.63, 3.8) is 0 Å². The van der Waals surface area contributed by atoms with Crippen LogP contribution >= 0.6 is 12.6 Å². The fraction of sp³-hybridized carbons (Fsp3) is 0.870. The van der Waals surface area contributed by atoms with Gasteiger partial charge < -0.3 is 20.3 Å². The van der Waals surface area contributed by atoms with Gasteiger partial charge in [0.25, 0.3) is 0 Å². The molecule has 10 heteroatoms. The summed E-state index contributed by atoms with van der Waals surface area (Å²) in [7, 11) is 3.49. The van der Waals surface area contributed by atoms with Gasteiger partial charge in [0.15, 0.2) is 5.16 Å². The maximum Gasteiger partial charge on any atom is 0.228 e. The van der Waals surface area contributed by atoms with Crippen LogP contribution in [0.5, 0.6) is 0 Å². The summed E-state index contributed by atoms with van der Waals surface area (Å²) in [5, 5.41) is 11.7. The predicted molar refractivity (Wildman–Crippen MR) is 134 cm³/mol. The van der Waals surface area contributed by atoms with Crippen molar-refractivity contribution < 1.29 is 9.68 Å². The SMILES string of the molecule is CON1C(C)(C)CC(Nc2nc(S)nc(NC3CC(C)(C)N(OC)C(C)(C)C3)n2)CC1(C)C. The quantitative estimate of drug-likeness (QED) is 0.519. The van der Waals surface area contributed by atoms with Crippen LogP contribution in [0.25, 0.3) is 0 Å². The van der Waals surface area contributed by atoms with Crippen molar-refractivity contribution in [1.29, 1.82) is 0 Å². The van der Waals surface area contributed by atoms with Crippen LogP contribution in [0.3, 0.4) is 0 Å². The minimum atomic E-state index is -0.126. The number of aromatic nitrogens is 3. The topological polar surface area (TPSA) is 87.7 Å². The van der Waals surface area contributed by atoms with E-state index < -0.39 is 0 Å². The van der Waals surface area contributed by atoms with E-state index in [1.54, 1.807) is 14.2 Å². The molecule has 33 heavy (non-hydrogen) atoms. The highest BCUT2D eigenvalue weighted by atomic mass is 32.1. The minimum absolute atomic E-state index is 0.126. The van der Waals surface area contributed by atoms with Gasteiger partial charge in [-0.1, -0.05) is 0 Å². The molecule has 2 aliphatic heterocycles. The zero-order chi connectivity index (χ0) is 24.8. The molecule has 1 aromatic rings. The second kappa shape index (κ2) is 9.11. The third kappa shape index (κ3) is 5.73. The van der Waals surface area contributed by atoms with Gasteiger partial charge in [0.05, 0.1) is 14.2 Å². The first-order chi connectivity index (χ1) is 15.1. The maximum absolute atomic E-state index is 5.72. The molecule has 3 rings (SSSR count). The largest absolute Gasteiger partial charge is 0.351 e. The number of nitrogens with one attached hydrogen (secondary N) is 2. The van der Waals surface area contributed by atoms with Crippen molar-refractivity contribution in [2.75, 3.05) is 24.9 Å². The molecule has 3 heterocycles. The van der Waals surface area contributed by atoms with Gasteiger partial charge in [-0.2, -0.15) is 25.1 Å². The molecule has 0 unspecified atom stereocenters. The van der Waals surface area contributed by atoms with Gasteiger partial charge >= 0.3 is 0 Å². The summed E-state index contributed by atoms with van der Waals surface area (Å²) in [4.78, 5) is 25.1. The summed E-state index contributed by atoms with van der Waals surface area (Å²) in [6, 6.07) is 0.402. The molecule has 0 amide bonds. The van der Waals surface area contributed by atoms with Crippen LogP contribution < -0.4 is 10.6 Å². The van der Waals surface area contributed by atoms with Crippen LogP contribution in [-0.4, -0.2) is 73.5 Å². The summed E-state index contributed by atoms with van der Waals surface area (Å²) in [5.41, 5.74) is -0.506. The zero-order valence-electron chi connectivity index (χ0n) is 22.0. The van der Waals surface area contributed by atoms with Crippen LogP contribution in [0, 0.1) is 0 Å². The van der Waals surface area contributed by atoms with E-state index in [9.17, 15) is 0 Å². The smallest absolute Gasteiger partial charge is 0.228 e. The van der Waals surface area contributed by atoms with Gasteiger partial charge in [0.1, 0.15) is 0 Å². The zero-order valence-corrected chi connectivity index (χ0v) is 22.9. The van der Waals surface area contributed by atoms with Gasteiger partial charge in [-0.3, -0.25) is 0 Å². The first kappa shape index (κ1) is 26.4. The fourth-order valence-electron chi connectivity index (χ4n) is 6.58. The lowest BCUT2D eigenvalue weighted by molar-refractivity contribution is -0.265. The molecule has 0 radical (unpaired) electrons. The highest BCUT2D eigenvalue weighted by Gasteiger charge is 2.47. The fourth-order valence-corrected chi connectivity index (χ4v) is 6.77. The Morgan fingerprint density at radius 2 is 0.970 bits per heavy atom. The second-order valence-electron chi connectivity index (χ2n) is 12.0. The number of hydrogen-bond donors (Lipinski definition) is 3. The summed E-state index contributed by atoms with van der Waals surface area (Å²) in [5.74, 6) is 1.10. The van der Waals surface area contributed by atoms with Gasteiger partial charge in [-0.25, -0.2) is 0 Å². The average Bonchev–Trinajstić information content (AvgIpc) is 2.57. The number of rotatable bonds is 6. The number of hydroxylamine groups is 4. The van der Waals surface area contributed by atoms with Crippen LogP contribution in [-0.2, 0) is 9.68 Å². The molecule has 2 aliphatic rings. The molecule has 1 aromatic heterocycles. The molecular formula is C23H43N7O2S. The van der Waals surface area contributed by atoms with E-state index in [0.29, 0.717) is 17.1 Å². The van der Waals surface area contributed by atoms with Gasteiger partial charge in [0.2, 0.25) is 11.9 Å². The number of hydrogen-bond acceptors (Lipinski definition) is 10. The van der Waals surface area contributed by atoms with Crippen molar-refractivity contribution in [2.45, 2.75) is 120 Å². The van der Waals surface area contributed by atoms with E-state index in [-0.39, 0.29) is 34.2 Å². The van der Waals surface area contributed by atoms with Gasteiger partial charge in [0, 0.05) is 34.2 Å². The maximum atomic E-state index is 5.72. The van der Waals surface area contributed by atoms with Crippen molar-refractivity contribution in [1.82, 2.24) is 25.1 Å². The van der Waals surface area contributed by atoms with E-state index in [2.05, 4.69) is 98.7 Å². The molecule has 9 nitrogen and oxygen atoms in total. The standard InChI is InChI=1S/C23H43N7O2S/c1-20(2)11-15(12-21(3,4)29(20)31-9)24-17-26-18(28-19(33)27-17)25-16-13-22(5,6)30(32-10)23(7,8)14-16/h15-16H,11-14H2,1-10H3,(H3,24,25,26,27,28,33). The lowest BCUT2D eigenvalue weighted by Crippen LogP contribution is -2.62. The van der Waals surface area contributed by atoms with E-state index in [0.717, 1.165) is 25.7 Å². The Bertz CT molecular complexity index is 746. The third-order valence-electron chi connectivity index (χ3n) is 6.84. The lowest BCUT2D eigenvalue weighted by Gasteiger charge is -2.53. The van der Waals surface area contributed by atoms with Crippen molar-refractivity contribution in [3.8, 4) is 0 Å². The average molecular weight is 482 g/mol. The monoisotopic (exact) mass is 481 g/mol. The molecule has 2 saturated heterocycles. The summed E-state index contributed by atoms with van der Waals surface area (Å²) in [6.45, 7) is 17.6. The third-order valence-corrected chi connectivity index (χ3v) is 7.04. The van der Waals surface area contributed by atoms with Crippen LogP contribution in [0.15, 0.2) is 5.16 Å². The Labute approximate surface area is 204 Å².